The number of hydrogen-bond acceptors (Lipinski definition) is 7. The number of ketones is 2. The van der Waals surface area contributed by atoms with Crippen LogP contribution >= 0.6 is 24.0 Å². The van der Waals surface area contributed by atoms with Crippen molar-refractivity contribution in [1.29, 1.82) is 0 Å². The molecule has 2 aliphatic heterocycles. The Morgan fingerprint density at radius 1 is 1.06 bits per heavy atom. The number of benzene rings is 1. The summed E-state index contributed by atoms with van der Waals surface area (Å²) in [6, 6.07) is 3.09. The van der Waals surface area contributed by atoms with Crippen molar-refractivity contribution in [3.63, 3.8) is 0 Å². The number of thioether (sulfide) groups is 1. The van der Waals surface area contributed by atoms with Gasteiger partial charge in [0.05, 0.1) is 26.0 Å². The van der Waals surface area contributed by atoms with Crippen LogP contribution in [0.4, 0.5) is 0 Å². The van der Waals surface area contributed by atoms with Crippen LogP contribution in [0.3, 0.4) is 0 Å². The first-order valence-electron chi connectivity index (χ1n) is 12.2. The fourth-order valence-electron chi connectivity index (χ4n) is 5.57. The summed E-state index contributed by atoms with van der Waals surface area (Å²) >= 11 is 6.93. The van der Waals surface area contributed by atoms with Crippen molar-refractivity contribution in [1.82, 2.24) is 9.80 Å². The second-order valence-electron chi connectivity index (χ2n) is 10.4. The molecule has 0 radical (unpaired) electrons. The molecule has 1 aliphatic carbocycles. The number of Topliss-reactive ketones (excluding diaryl/α,β-unsaturated/α-hetero) is 2. The molecule has 2 heterocycles. The standard InChI is InChI=1S/C26H34N2O5S2/c1-26(2)13-18(29)23(19(30)14-26)24-17-12-21(33-4)20(32-3)11-16(17)7-10-28(24)22(31)15-35-25(34)27-8-5-6-9-27/h11-12,23-24H,5-10,13-15H2,1-4H3/t24-/m0/s1. The normalized spacial score (nSPS) is 22.2. The van der Waals surface area contributed by atoms with Gasteiger partial charge in [-0.2, -0.15) is 0 Å². The molecular formula is C26H34N2O5S2. The van der Waals surface area contributed by atoms with E-state index in [0.717, 1.165) is 41.4 Å². The van der Waals surface area contributed by atoms with Gasteiger partial charge in [0.25, 0.3) is 0 Å². The van der Waals surface area contributed by atoms with Gasteiger partial charge in [0, 0.05) is 32.5 Å². The summed E-state index contributed by atoms with van der Waals surface area (Å²) in [6.07, 6.45) is 3.48. The highest BCUT2D eigenvalue weighted by Crippen LogP contribution is 2.46. The first-order chi connectivity index (χ1) is 16.6. The second-order valence-corrected chi connectivity index (χ2v) is 12.0. The molecule has 1 atom stereocenters. The number of fused-ring (bicyclic) bond motifs is 1. The van der Waals surface area contributed by atoms with E-state index in [1.165, 1.54) is 11.8 Å². The van der Waals surface area contributed by atoms with Gasteiger partial charge in [0.2, 0.25) is 5.91 Å². The van der Waals surface area contributed by atoms with Gasteiger partial charge in [-0.3, -0.25) is 14.4 Å². The van der Waals surface area contributed by atoms with Gasteiger partial charge in [0.1, 0.15) is 21.8 Å². The third-order valence-electron chi connectivity index (χ3n) is 7.24. The third kappa shape index (κ3) is 5.35. The molecule has 0 bridgehead atoms. The van der Waals surface area contributed by atoms with Crippen LogP contribution in [0.1, 0.15) is 56.7 Å². The summed E-state index contributed by atoms with van der Waals surface area (Å²) in [4.78, 5) is 44.2. The summed E-state index contributed by atoms with van der Waals surface area (Å²) in [5.74, 6) is 0.125. The highest BCUT2D eigenvalue weighted by Gasteiger charge is 2.48. The van der Waals surface area contributed by atoms with Crippen molar-refractivity contribution >= 4 is 45.8 Å². The molecule has 0 N–H and O–H groups in total. The zero-order valence-corrected chi connectivity index (χ0v) is 22.6. The molecule has 0 unspecified atom stereocenters. The van der Waals surface area contributed by atoms with Crippen LogP contribution in [-0.2, 0) is 20.8 Å². The number of likely N-dealkylation sites (tertiary alicyclic amines) is 1. The van der Waals surface area contributed by atoms with Gasteiger partial charge in [-0.05, 0) is 47.9 Å². The zero-order valence-electron chi connectivity index (χ0n) is 20.9. The maximum atomic E-state index is 13.5. The number of carbonyl (C=O) groups excluding carboxylic acids is 3. The number of amides is 1. The Morgan fingerprint density at radius 2 is 1.66 bits per heavy atom. The molecule has 1 saturated heterocycles. The molecule has 7 nitrogen and oxygen atoms in total. The van der Waals surface area contributed by atoms with Gasteiger partial charge in [0.15, 0.2) is 11.5 Å². The molecule has 1 saturated carbocycles. The van der Waals surface area contributed by atoms with E-state index in [9.17, 15) is 14.4 Å². The molecule has 2 fully saturated rings. The summed E-state index contributed by atoms with van der Waals surface area (Å²) in [7, 11) is 3.14. The second kappa shape index (κ2) is 10.5. The van der Waals surface area contributed by atoms with Gasteiger partial charge in [-0.15, -0.1) is 0 Å². The average Bonchev–Trinajstić information content (AvgIpc) is 3.35. The monoisotopic (exact) mass is 518 g/mol. The number of thiocarbonyl (C=S) groups is 1. The van der Waals surface area contributed by atoms with Crippen LogP contribution in [-0.4, -0.2) is 71.2 Å². The summed E-state index contributed by atoms with van der Waals surface area (Å²) in [6.45, 7) is 6.19. The molecule has 9 heteroatoms. The van der Waals surface area contributed by atoms with Crippen molar-refractivity contribution < 1.29 is 23.9 Å². The van der Waals surface area contributed by atoms with Crippen LogP contribution in [0.25, 0.3) is 0 Å². The maximum Gasteiger partial charge on any atom is 0.233 e. The average molecular weight is 519 g/mol. The number of ether oxygens (including phenoxy) is 2. The minimum Gasteiger partial charge on any atom is -0.493 e. The Kier molecular flexibility index (Phi) is 7.76. The van der Waals surface area contributed by atoms with Gasteiger partial charge < -0.3 is 19.3 Å². The van der Waals surface area contributed by atoms with Crippen LogP contribution in [0.2, 0.25) is 0 Å². The molecule has 190 valence electrons. The number of nitrogens with zero attached hydrogens (tertiary/aromatic N) is 2. The number of hydrogen-bond donors (Lipinski definition) is 0. The molecule has 0 aromatic heterocycles. The quantitative estimate of drug-likeness (QED) is 0.430. The lowest BCUT2D eigenvalue weighted by atomic mass is 9.67. The molecule has 3 aliphatic rings. The predicted molar refractivity (Wildman–Crippen MR) is 140 cm³/mol. The zero-order chi connectivity index (χ0) is 25.3. The van der Waals surface area contributed by atoms with Crippen molar-refractivity contribution in [3.05, 3.63) is 23.3 Å². The number of rotatable bonds is 5. The van der Waals surface area contributed by atoms with Crippen molar-refractivity contribution in [2.45, 2.75) is 52.0 Å². The molecule has 0 spiro atoms. The maximum absolute atomic E-state index is 13.5. The highest BCUT2D eigenvalue weighted by atomic mass is 32.2. The highest BCUT2D eigenvalue weighted by molar-refractivity contribution is 8.23. The molecule has 35 heavy (non-hydrogen) atoms. The van der Waals surface area contributed by atoms with Crippen LogP contribution in [0.5, 0.6) is 11.5 Å². The molecule has 1 aromatic carbocycles. The summed E-state index contributed by atoms with van der Waals surface area (Å²) in [5.41, 5.74) is 1.40. The van der Waals surface area contributed by atoms with Crippen molar-refractivity contribution in [3.8, 4) is 11.5 Å². The Balaban J connectivity index is 1.66. The Bertz CT molecular complexity index is 1010. The first kappa shape index (κ1) is 25.9. The topological polar surface area (TPSA) is 76.1 Å². The van der Waals surface area contributed by atoms with E-state index in [2.05, 4.69) is 4.90 Å². The lowest BCUT2D eigenvalue weighted by molar-refractivity contribution is -0.146. The minimum absolute atomic E-state index is 0.100. The summed E-state index contributed by atoms with van der Waals surface area (Å²) in [5, 5.41) is 0. The lowest BCUT2D eigenvalue weighted by Crippen LogP contribution is -2.50. The fourth-order valence-corrected chi connectivity index (χ4v) is 6.71. The molecule has 4 rings (SSSR count). The Hall–Kier alpha value is -2.13. The van der Waals surface area contributed by atoms with Crippen LogP contribution in [0.15, 0.2) is 12.1 Å². The Labute approximate surface area is 216 Å². The van der Waals surface area contributed by atoms with E-state index in [1.54, 1.807) is 19.1 Å². The van der Waals surface area contributed by atoms with Gasteiger partial charge >= 0.3 is 0 Å². The van der Waals surface area contributed by atoms with Crippen molar-refractivity contribution in [2.24, 2.45) is 11.3 Å². The SMILES string of the molecule is COc1cc2c(cc1OC)[C@@H](C1C(=O)CC(C)(C)CC1=O)N(C(=O)CSC(=S)N1CCCC1)CC2. The minimum atomic E-state index is -0.875. The Morgan fingerprint density at radius 3 is 2.26 bits per heavy atom. The fraction of sp³-hybridized carbons (Fsp3) is 0.615. The van der Waals surface area contributed by atoms with Crippen molar-refractivity contribution in [2.75, 3.05) is 39.6 Å². The van der Waals surface area contributed by atoms with Crippen LogP contribution in [0, 0.1) is 11.3 Å². The largest absolute Gasteiger partial charge is 0.493 e. The van der Waals surface area contributed by atoms with E-state index in [1.807, 2.05) is 26.0 Å². The van der Waals surface area contributed by atoms with E-state index in [4.69, 9.17) is 21.7 Å². The smallest absolute Gasteiger partial charge is 0.233 e. The van der Waals surface area contributed by atoms with E-state index < -0.39 is 12.0 Å². The predicted octanol–water partition coefficient (Wildman–Crippen LogP) is 3.82. The summed E-state index contributed by atoms with van der Waals surface area (Å²) < 4.78 is 11.7. The number of methoxy groups -OCH3 is 2. The first-order valence-corrected chi connectivity index (χ1v) is 13.6. The van der Waals surface area contributed by atoms with Gasteiger partial charge in [-0.25, -0.2) is 0 Å². The van der Waals surface area contributed by atoms with E-state index in [-0.39, 0.29) is 28.6 Å². The van der Waals surface area contributed by atoms with E-state index in [0.29, 0.717) is 37.3 Å². The molecule has 1 amide bonds. The lowest BCUT2D eigenvalue weighted by Gasteiger charge is -2.44. The molecule has 1 aromatic rings. The third-order valence-corrected chi connectivity index (χ3v) is 8.75. The van der Waals surface area contributed by atoms with E-state index >= 15 is 0 Å². The number of carbonyl (C=O) groups is 3. The van der Waals surface area contributed by atoms with Crippen LogP contribution < -0.4 is 9.47 Å². The molecular weight excluding hydrogens is 484 g/mol. The van der Waals surface area contributed by atoms with Gasteiger partial charge in [-0.1, -0.05) is 37.8 Å².